The number of carbonyl (C=O) groups is 2. The molecule has 1 aliphatic carbocycles. The second-order valence-corrected chi connectivity index (χ2v) is 4.32. The molecular weight excluding hydrogens is 220 g/mol. The number of nitrogens with zero attached hydrogens (tertiary/aromatic N) is 2. The molecule has 5 heteroatoms. The number of ether oxygens (including phenoxy) is 1. The van der Waals surface area contributed by atoms with Gasteiger partial charge in [0.15, 0.2) is 11.5 Å². The number of esters is 1. The van der Waals surface area contributed by atoms with Gasteiger partial charge in [-0.15, -0.1) is 0 Å². The fraction of sp³-hybridized carbons (Fsp3) is 0.583. The van der Waals surface area contributed by atoms with Crippen LogP contribution in [0.25, 0.3) is 0 Å². The van der Waals surface area contributed by atoms with Gasteiger partial charge >= 0.3 is 5.97 Å². The third kappa shape index (κ3) is 1.85. The number of aromatic nitrogens is 2. The Kier molecular flexibility index (Phi) is 3.00. The first-order chi connectivity index (χ1) is 8.06. The number of hydrogen-bond donors (Lipinski definition) is 0. The molecule has 1 heterocycles. The van der Waals surface area contributed by atoms with Crippen LogP contribution < -0.4 is 0 Å². The quantitative estimate of drug-likeness (QED) is 0.733. The minimum Gasteiger partial charge on any atom is -0.461 e. The van der Waals surface area contributed by atoms with Crippen LogP contribution in [0, 0.1) is 0 Å². The summed E-state index contributed by atoms with van der Waals surface area (Å²) in [5.74, 6) is -0.203. The average Bonchev–Trinajstić information content (AvgIpc) is 2.63. The molecule has 1 unspecified atom stereocenters. The lowest BCUT2D eigenvalue weighted by Crippen LogP contribution is -2.17. The van der Waals surface area contributed by atoms with Crippen molar-refractivity contribution in [2.75, 3.05) is 6.61 Å². The van der Waals surface area contributed by atoms with Crippen LogP contribution in [0.15, 0.2) is 0 Å². The predicted octanol–water partition coefficient (Wildman–Crippen LogP) is 1.68. The number of rotatable bonds is 2. The van der Waals surface area contributed by atoms with E-state index in [1.807, 2.05) is 6.92 Å². The highest BCUT2D eigenvalue weighted by Crippen LogP contribution is 2.33. The van der Waals surface area contributed by atoms with Crippen molar-refractivity contribution in [1.29, 1.82) is 0 Å². The minimum atomic E-state index is -0.439. The van der Waals surface area contributed by atoms with E-state index in [9.17, 15) is 9.59 Å². The molecule has 92 valence electrons. The number of fused-ring (bicyclic) bond motifs is 1. The Hall–Kier alpha value is -1.65. The van der Waals surface area contributed by atoms with Gasteiger partial charge in [-0.3, -0.25) is 9.48 Å². The van der Waals surface area contributed by atoms with Crippen molar-refractivity contribution in [2.45, 2.75) is 32.6 Å². The molecule has 1 aromatic rings. The highest BCUT2D eigenvalue weighted by Gasteiger charge is 2.33. The number of carbonyl (C=O) groups excluding carboxylic acids is 2. The number of Topliss-reactive ketones (excluding diaryl/α,β-unsaturated/α-hetero) is 1. The van der Waals surface area contributed by atoms with Crippen molar-refractivity contribution in [3.8, 4) is 0 Å². The normalized spacial score (nSPS) is 19.0. The summed E-state index contributed by atoms with van der Waals surface area (Å²) in [5.41, 5.74) is 1.61. The molecule has 0 spiro atoms. The number of ketones is 1. The smallest absolute Gasteiger partial charge is 0.359 e. The average molecular weight is 236 g/mol. The van der Waals surface area contributed by atoms with Crippen LogP contribution >= 0.6 is 0 Å². The van der Waals surface area contributed by atoms with Gasteiger partial charge in [-0.2, -0.15) is 5.10 Å². The van der Waals surface area contributed by atoms with Gasteiger partial charge in [0.2, 0.25) is 0 Å². The van der Waals surface area contributed by atoms with E-state index in [1.54, 1.807) is 14.0 Å². The molecule has 0 N–H and O–H groups in total. The zero-order valence-electron chi connectivity index (χ0n) is 10.3. The summed E-state index contributed by atoms with van der Waals surface area (Å²) in [7, 11) is 1.69. The van der Waals surface area contributed by atoms with Gasteiger partial charge in [0.05, 0.1) is 6.61 Å². The van der Waals surface area contributed by atoms with E-state index in [0.717, 1.165) is 12.0 Å². The van der Waals surface area contributed by atoms with Crippen LogP contribution in [-0.4, -0.2) is 28.1 Å². The Morgan fingerprint density at radius 3 is 2.94 bits per heavy atom. The lowest BCUT2D eigenvalue weighted by molar-refractivity contribution is 0.0516. The van der Waals surface area contributed by atoms with Crippen molar-refractivity contribution in [1.82, 2.24) is 9.78 Å². The molecule has 17 heavy (non-hydrogen) atoms. The summed E-state index contributed by atoms with van der Waals surface area (Å²) in [6.45, 7) is 4.07. The molecule has 1 atom stereocenters. The Bertz CT molecular complexity index is 476. The van der Waals surface area contributed by atoms with Gasteiger partial charge in [0.1, 0.15) is 5.69 Å². The van der Waals surface area contributed by atoms with E-state index in [0.29, 0.717) is 24.4 Å². The number of hydrogen-bond acceptors (Lipinski definition) is 4. The summed E-state index contributed by atoms with van der Waals surface area (Å²) < 4.78 is 6.46. The summed E-state index contributed by atoms with van der Waals surface area (Å²) >= 11 is 0. The van der Waals surface area contributed by atoms with Crippen LogP contribution in [-0.2, 0) is 11.8 Å². The molecule has 1 aromatic heterocycles. The molecular formula is C12H16N2O3. The van der Waals surface area contributed by atoms with Crippen LogP contribution in [0.5, 0.6) is 0 Å². The van der Waals surface area contributed by atoms with Crippen LogP contribution in [0.2, 0.25) is 0 Å². The fourth-order valence-corrected chi connectivity index (χ4v) is 2.30. The maximum Gasteiger partial charge on any atom is 0.359 e. The summed E-state index contributed by atoms with van der Waals surface area (Å²) in [6, 6.07) is 0. The molecule has 0 aromatic carbocycles. The molecule has 0 bridgehead atoms. The second kappa shape index (κ2) is 4.31. The van der Waals surface area contributed by atoms with E-state index < -0.39 is 5.97 Å². The summed E-state index contributed by atoms with van der Waals surface area (Å²) in [5, 5.41) is 4.13. The molecule has 2 rings (SSSR count). The predicted molar refractivity (Wildman–Crippen MR) is 61.1 cm³/mol. The van der Waals surface area contributed by atoms with Gasteiger partial charge in [-0.1, -0.05) is 6.92 Å². The Balaban J connectivity index is 2.52. The minimum absolute atomic E-state index is 0.0589. The standard InChI is InChI=1S/C12H16N2O3/c1-4-17-12(16)10-9-7(2)5-6-8(15)11(9)14(3)13-10/h7H,4-6H2,1-3H3. The zero-order chi connectivity index (χ0) is 12.6. The highest BCUT2D eigenvalue weighted by molar-refractivity contribution is 6.01. The Morgan fingerprint density at radius 1 is 1.59 bits per heavy atom. The summed E-state index contributed by atoms with van der Waals surface area (Å²) in [6.07, 6.45) is 1.29. The van der Waals surface area contributed by atoms with Crippen molar-refractivity contribution in [3.05, 3.63) is 17.0 Å². The van der Waals surface area contributed by atoms with Crippen molar-refractivity contribution >= 4 is 11.8 Å². The Labute approximate surface area is 99.8 Å². The molecule has 0 saturated heterocycles. The van der Waals surface area contributed by atoms with Gasteiger partial charge in [-0.05, 0) is 19.3 Å². The maximum atomic E-state index is 11.8. The highest BCUT2D eigenvalue weighted by atomic mass is 16.5. The molecule has 1 aliphatic rings. The van der Waals surface area contributed by atoms with Crippen LogP contribution in [0.4, 0.5) is 0 Å². The lowest BCUT2D eigenvalue weighted by Gasteiger charge is -2.18. The molecule has 5 nitrogen and oxygen atoms in total. The van der Waals surface area contributed by atoms with Crippen molar-refractivity contribution in [3.63, 3.8) is 0 Å². The van der Waals surface area contributed by atoms with Gasteiger partial charge in [0, 0.05) is 19.0 Å². The molecule has 0 saturated carbocycles. The first-order valence-electron chi connectivity index (χ1n) is 5.83. The largest absolute Gasteiger partial charge is 0.461 e. The van der Waals surface area contributed by atoms with Crippen LogP contribution in [0.3, 0.4) is 0 Å². The monoisotopic (exact) mass is 236 g/mol. The molecule has 0 radical (unpaired) electrons. The topological polar surface area (TPSA) is 61.2 Å². The molecule has 0 aliphatic heterocycles. The number of aryl methyl sites for hydroxylation is 1. The maximum absolute atomic E-state index is 11.8. The van der Waals surface area contributed by atoms with Crippen LogP contribution in [0.1, 0.15) is 59.1 Å². The van der Waals surface area contributed by atoms with E-state index in [-0.39, 0.29) is 11.7 Å². The zero-order valence-corrected chi connectivity index (χ0v) is 10.3. The second-order valence-electron chi connectivity index (χ2n) is 4.32. The lowest BCUT2D eigenvalue weighted by atomic mass is 9.86. The third-order valence-electron chi connectivity index (χ3n) is 3.11. The molecule has 0 amide bonds. The first kappa shape index (κ1) is 11.8. The molecule has 0 fully saturated rings. The first-order valence-corrected chi connectivity index (χ1v) is 5.83. The summed E-state index contributed by atoms with van der Waals surface area (Å²) in [4.78, 5) is 23.6. The van der Waals surface area contributed by atoms with Crippen molar-refractivity contribution in [2.24, 2.45) is 7.05 Å². The van der Waals surface area contributed by atoms with E-state index in [1.165, 1.54) is 4.68 Å². The Morgan fingerprint density at radius 2 is 2.29 bits per heavy atom. The van der Waals surface area contributed by atoms with Crippen molar-refractivity contribution < 1.29 is 14.3 Å². The fourth-order valence-electron chi connectivity index (χ4n) is 2.30. The van der Waals surface area contributed by atoms with Gasteiger partial charge in [0.25, 0.3) is 0 Å². The van der Waals surface area contributed by atoms with Gasteiger partial charge < -0.3 is 4.74 Å². The van der Waals surface area contributed by atoms with E-state index in [2.05, 4.69) is 5.10 Å². The third-order valence-corrected chi connectivity index (χ3v) is 3.11. The van der Waals surface area contributed by atoms with Gasteiger partial charge in [-0.25, -0.2) is 4.79 Å². The SMILES string of the molecule is CCOC(=O)c1nn(C)c2c1C(C)CCC2=O. The van der Waals surface area contributed by atoms with E-state index in [4.69, 9.17) is 4.74 Å². The van der Waals surface area contributed by atoms with E-state index >= 15 is 0 Å².